The second-order valence-electron chi connectivity index (χ2n) is 19.3. The van der Waals surface area contributed by atoms with Crippen LogP contribution >= 0.6 is 0 Å². The van der Waals surface area contributed by atoms with Crippen molar-refractivity contribution in [3.05, 3.63) is 256 Å². The Labute approximate surface area is 395 Å². The highest BCUT2D eigenvalue weighted by molar-refractivity contribution is 6.19. The van der Waals surface area contributed by atoms with E-state index >= 15 is 0 Å². The summed E-state index contributed by atoms with van der Waals surface area (Å²) in [6.45, 7) is 0. The van der Waals surface area contributed by atoms with E-state index in [1.807, 2.05) is 6.08 Å². The van der Waals surface area contributed by atoms with Gasteiger partial charge in [-0.25, -0.2) is 0 Å². The maximum atomic E-state index is 3.70. The highest BCUT2D eigenvalue weighted by Gasteiger charge is 2.42. The van der Waals surface area contributed by atoms with Gasteiger partial charge in [0.05, 0.1) is 17.1 Å². The Morgan fingerprint density at radius 3 is 2.25 bits per heavy atom. The number of fused-ring (bicyclic) bond motifs is 4. The van der Waals surface area contributed by atoms with Crippen LogP contribution in [0.5, 0.6) is 0 Å². The lowest BCUT2D eigenvalue weighted by molar-refractivity contribution is 0.967. The van der Waals surface area contributed by atoms with E-state index in [4.69, 9.17) is 0 Å². The number of aryl methyl sites for hydroxylation is 2. The van der Waals surface area contributed by atoms with Crippen molar-refractivity contribution in [2.75, 3.05) is 0 Å². The second kappa shape index (κ2) is 14.5. The molecule has 0 aliphatic heterocycles. The summed E-state index contributed by atoms with van der Waals surface area (Å²) in [6, 6.07) is 41.7. The molecule has 1 heteroatoms. The molecule has 8 aromatic rings. The largest absolute Gasteiger partial charge is 0.302 e. The second-order valence-corrected chi connectivity index (χ2v) is 19.3. The first-order valence-corrected chi connectivity index (χ1v) is 24.2. The molecule has 1 heterocycles. The predicted molar refractivity (Wildman–Crippen MR) is 287 cm³/mol. The normalized spacial score (nSPS) is 20.2. The van der Waals surface area contributed by atoms with Crippen molar-refractivity contribution >= 4 is 78.2 Å². The molecule has 1 nitrogen and oxygen atoms in total. The summed E-state index contributed by atoms with van der Waals surface area (Å²) in [5, 5.41) is 10.7. The van der Waals surface area contributed by atoms with Crippen LogP contribution in [0.2, 0.25) is 0 Å². The number of hydrogen-bond acceptors (Lipinski definition) is 0. The van der Waals surface area contributed by atoms with Crippen LogP contribution in [0.15, 0.2) is 211 Å². The van der Waals surface area contributed by atoms with E-state index in [0.717, 1.165) is 35.4 Å². The van der Waals surface area contributed by atoms with Crippen LogP contribution in [0.4, 0.5) is 0 Å². The Bertz CT molecular complexity index is 4110. The third kappa shape index (κ3) is 5.60. The molecule has 1 aromatic heterocycles. The highest BCUT2D eigenvalue weighted by atomic mass is 15.0. The number of aromatic nitrogens is 1. The average Bonchev–Trinajstić information content (AvgIpc) is 4.18. The van der Waals surface area contributed by atoms with Gasteiger partial charge in [0.1, 0.15) is 0 Å². The van der Waals surface area contributed by atoms with Crippen LogP contribution in [0.25, 0.3) is 101 Å². The molecule has 0 N–H and O–H groups in total. The Balaban J connectivity index is 0.934. The van der Waals surface area contributed by atoms with Gasteiger partial charge in [0.15, 0.2) is 0 Å². The minimum absolute atomic E-state index is 0.0683. The van der Waals surface area contributed by atoms with Crippen molar-refractivity contribution in [3.63, 3.8) is 0 Å². The van der Waals surface area contributed by atoms with Gasteiger partial charge in [-0.3, -0.25) is 0 Å². The molecule has 2 bridgehead atoms. The zero-order chi connectivity index (χ0) is 44.5. The lowest BCUT2D eigenvalue weighted by Crippen LogP contribution is -2.06. The number of benzene rings is 7. The van der Waals surface area contributed by atoms with Crippen LogP contribution in [-0.4, -0.2) is 4.57 Å². The Hall–Kier alpha value is -8.40. The average molecular weight is 862 g/mol. The zero-order valence-corrected chi connectivity index (χ0v) is 37.4. The Morgan fingerprint density at radius 1 is 0.529 bits per heavy atom. The number of hydrogen-bond donors (Lipinski definition) is 0. The fourth-order valence-electron chi connectivity index (χ4n) is 12.5. The van der Waals surface area contributed by atoms with Crippen molar-refractivity contribution in [3.8, 4) is 22.4 Å². The van der Waals surface area contributed by atoms with Crippen molar-refractivity contribution in [1.29, 1.82) is 0 Å². The van der Waals surface area contributed by atoms with Crippen LogP contribution in [0.3, 0.4) is 0 Å². The maximum Gasteiger partial charge on any atom is 0.0890 e. The number of nitrogens with zero attached hydrogens (tertiary/aromatic N) is 1. The molecule has 1 saturated carbocycles. The molecular formula is C67H43N. The SMILES string of the molecule is C1=C/C=C\C2C=C(C=1)C(c1ccc(-c3ccc(-c4ccc5c6c4ccc4cccc(c46)C=C=C5)c4c3C3CC3C=C4)n1C1=C=CC=CC=C1)=CC=C2c1ccc2c3c1ccc1cccc(c13)CC2. The van der Waals surface area contributed by atoms with E-state index in [1.54, 1.807) is 0 Å². The van der Waals surface area contributed by atoms with Gasteiger partial charge >= 0.3 is 0 Å². The molecule has 316 valence electrons. The van der Waals surface area contributed by atoms with Gasteiger partial charge in [0.25, 0.3) is 0 Å². The first-order valence-electron chi connectivity index (χ1n) is 24.2. The summed E-state index contributed by atoms with van der Waals surface area (Å²) < 4.78 is 2.47. The third-order valence-electron chi connectivity index (χ3n) is 15.7. The van der Waals surface area contributed by atoms with Gasteiger partial charge < -0.3 is 4.57 Å². The Kier molecular flexibility index (Phi) is 8.08. The molecule has 1 fully saturated rings. The van der Waals surface area contributed by atoms with Gasteiger partial charge in [-0.2, -0.15) is 0 Å². The molecule has 7 aromatic carbocycles. The topological polar surface area (TPSA) is 4.93 Å². The van der Waals surface area contributed by atoms with Crippen molar-refractivity contribution in [2.24, 2.45) is 11.8 Å². The molecule has 3 unspecified atom stereocenters. The van der Waals surface area contributed by atoms with E-state index in [-0.39, 0.29) is 5.92 Å². The fraction of sp³-hybridized carbons (Fsp3) is 0.0896. The van der Waals surface area contributed by atoms with Crippen molar-refractivity contribution in [1.82, 2.24) is 4.57 Å². The quantitative estimate of drug-likeness (QED) is 0.120. The fourth-order valence-corrected chi connectivity index (χ4v) is 12.5. The maximum absolute atomic E-state index is 3.70. The molecule has 0 spiro atoms. The molecule has 0 radical (unpaired) electrons. The van der Waals surface area contributed by atoms with Crippen molar-refractivity contribution < 1.29 is 0 Å². The van der Waals surface area contributed by atoms with Gasteiger partial charge in [0.2, 0.25) is 0 Å². The monoisotopic (exact) mass is 861 g/mol. The predicted octanol–water partition coefficient (Wildman–Crippen LogP) is 16.7. The van der Waals surface area contributed by atoms with Crippen molar-refractivity contribution in [2.45, 2.75) is 25.2 Å². The first kappa shape index (κ1) is 37.8. The summed E-state index contributed by atoms with van der Waals surface area (Å²) >= 11 is 0. The van der Waals surface area contributed by atoms with E-state index in [1.165, 1.54) is 116 Å². The number of rotatable bonds is 5. The molecule has 3 atom stereocenters. The molecular weight excluding hydrogens is 819 g/mol. The molecule has 15 rings (SSSR count). The standard InChI is InChI=1S/C67H43N/c1-2-7-20-50(19-6-1)68-61(52-34-33-51(47-11-4-3-5-12-48(52)39-47)53-28-24-46-22-21-42-15-10-17-44-25-30-56(53)66(46)64(42)44)37-38-62(68)59-36-35-55(58-32-27-49-40-60(49)67(58)59)54-29-23-45-18-9-14-41-13-8-16-43-26-31-57(54)65(45)63(41)43/h1-4,6-8,10-19,23-39,47,49,60H,21-22,40H2/b11-4-. The van der Waals surface area contributed by atoms with Crippen LogP contribution < -0.4 is 0 Å². The first-order chi connectivity index (χ1) is 33.7. The Morgan fingerprint density at radius 2 is 1.32 bits per heavy atom. The van der Waals surface area contributed by atoms with Crippen LogP contribution in [0.1, 0.15) is 57.0 Å². The summed E-state index contributed by atoms with van der Waals surface area (Å²) in [7, 11) is 0. The third-order valence-corrected chi connectivity index (χ3v) is 15.7. The van der Waals surface area contributed by atoms with Gasteiger partial charge in [-0.15, -0.1) is 11.5 Å². The molecule has 7 aliphatic carbocycles. The van der Waals surface area contributed by atoms with E-state index in [9.17, 15) is 0 Å². The lowest BCUT2D eigenvalue weighted by atomic mass is 9.81. The van der Waals surface area contributed by atoms with Gasteiger partial charge in [-0.1, -0.05) is 164 Å². The minimum atomic E-state index is 0.0683. The van der Waals surface area contributed by atoms with Crippen LogP contribution in [0, 0.1) is 11.8 Å². The van der Waals surface area contributed by atoms with E-state index in [2.05, 4.69) is 222 Å². The molecule has 0 saturated heterocycles. The summed E-state index contributed by atoms with van der Waals surface area (Å²) in [6.07, 6.45) is 39.0. The smallest absolute Gasteiger partial charge is 0.0890 e. The minimum Gasteiger partial charge on any atom is -0.302 e. The number of allylic oxidation sites excluding steroid dienone is 15. The lowest BCUT2D eigenvalue weighted by Gasteiger charge is -2.23. The summed E-state index contributed by atoms with van der Waals surface area (Å²) in [5.74, 6) is 1.11. The molecule has 68 heavy (non-hydrogen) atoms. The summed E-state index contributed by atoms with van der Waals surface area (Å²) in [4.78, 5) is 0. The van der Waals surface area contributed by atoms with Gasteiger partial charge in [0, 0.05) is 17.1 Å². The zero-order valence-electron chi connectivity index (χ0n) is 37.4. The highest BCUT2D eigenvalue weighted by Crippen LogP contribution is 2.58. The molecule has 0 amide bonds. The molecule has 7 aliphatic rings. The summed E-state index contributed by atoms with van der Waals surface area (Å²) in [5.41, 5.74) is 30.9. The van der Waals surface area contributed by atoms with Crippen LogP contribution in [-0.2, 0) is 12.8 Å². The van der Waals surface area contributed by atoms with Gasteiger partial charge in [-0.05, 0) is 184 Å². The van der Waals surface area contributed by atoms with E-state index < -0.39 is 0 Å². The van der Waals surface area contributed by atoms with E-state index in [0.29, 0.717) is 11.8 Å².